The van der Waals surface area contributed by atoms with Gasteiger partial charge in [0.25, 0.3) is 0 Å². The third-order valence-electron chi connectivity index (χ3n) is 5.00. The van der Waals surface area contributed by atoms with Crippen molar-refractivity contribution < 1.29 is 4.74 Å². The summed E-state index contributed by atoms with van der Waals surface area (Å²) < 4.78 is 5.53. The summed E-state index contributed by atoms with van der Waals surface area (Å²) >= 11 is 0. The molecule has 1 rings (SSSR count). The van der Waals surface area contributed by atoms with Gasteiger partial charge in [-0.2, -0.15) is 0 Å². The van der Waals surface area contributed by atoms with Gasteiger partial charge in [0, 0.05) is 24.7 Å². The molecular formula is C17H36N2O. The Morgan fingerprint density at radius 1 is 1.10 bits per heavy atom. The van der Waals surface area contributed by atoms with E-state index in [1.807, 2.05) is 0 Å². The molecule has 1 N–H and O–H groups in total. The van der Waals surface area contributed by atoms with Gasteiger partial charge in [0.2, 0.25) is 0 Å². The number of hydrogen-bond acceptors (Lipinski definition) is 3. The number of likely N-dealkylation sites (N-methyl/N-ethyl adjacent to an activating group) is 1. The second kappa shape index (κ2) is 9.75. The molecule has 1 saturated heterocycles. The summed E-state index contributed by atoms with van der Waals surface area (Å²) in [5, 5.41) is 3.77. The lowest BCUT2D eigenvalue weighted by Crippen LogP contribution is -2.61. The van der Waals surface area contributed by atoms with Gasteiger partial charge in [0.1, 0.15) is 0 Å². The standard InChI is InChI=1S/C17H36N2O/c1-5-8-9-10-11-16(18-7-3)17(4,6-2)19-12-14-20-15-13-19/h16,18H,5-15H2,1-4H3. The average molecular weight is 284 g/mol. The predicted molar refractivity (Wildman–Crippen MR) is 87.3 cm³/mol. The van der Waals surface area contributed by atoms with Crippen LogP contribution in [-0.2, 0) is 4.74 Å². The highest BCUT2D eigenvalue weighted by molar-refractivity contribution is 4.96. The zero-order chi connectivity index (χ0) is 14.8. The third kappa shape index (κ3) is 5.01. The molecule has 0 amide bonds. The fraction of sp³-hybridized carbons (Fsp3) is 1.00. The Labute approximate surface area is 126 Å². The van der Waals surface area contributed by atoms with Gasteiger partial charge in [-0.25, -0.2) is 0 Å². The topological polar surface area (TPSA) is 24.5 Å². The van der Waals surface area contributed by atoms with Crippen LogP contribution in [0.3, 0.4) is 0 Å². The minimum Gasteiger partial charge on any atom is -0.379 e. The van der Waals surface area contributed by atoms with Gasteiger partial charge in [-0.3, -0.25) is 4.90 Å². The summed E-state index contributed by atoms with van der Waals surface area (Å²) in [6.07, 6.45) is 7.93. The Morgan fingerprint density at radius 2 is 1.80 bits per heavy atom. The van der Waals surface area contributed by atoms with Crippen molar-refractivity contribution in [1.82, 2.24) is 10.2 Å². The number of unbranched alkanes of at least 4 members (excludes halogenated alkanes) is 3. The van der Waals surface area contributed by atoms with E-state index in [1.165, 1.54) is 38.5 Å². The molecule has 1 aliphatic rings. The van der Waals surface area contributed by atoms with Gasteiger partial charge in [-0.05, 0) is 26.3 Å². The second-order valence-corrected chi connectivity index (χ2v) is 6.27. The molecule has 3 heteroatoms. The highest BCUT2D eigenvalue weighted by Gasteiger charge is 2.37. The number of ether oxygens (including phenoxy) is 1. The van der Waals surface area contributed by atoms with E-state index in [-0.39, 0.29) is 5.54 Å². The zero-order valence-corrected chi connectivity index (χ0v) is 14.2. The summed E-state index contributed by atoms with van der Waals surface area (Å²) in [6.45, 7) is 14.3. The number of hydrogen-bond donors (Lipinski definition) is 1. The summed E-state index contributed by atoms with van der Waals surface area (Å²) in [5.41, 5.74) is 0.270. The first-order valence-electron chi connectivity index (χ1n) is 8.75. The number of nitrogens with zero attached hydrogens (tertiary/aromatic N) is 1. The maximum absolute atomic E-state index is 5.53. The van der Waals surface area contributed by atoms with Gasteiger partial charge in [0.15, 0.2) is 0 Å². The van der Waals surface area contributed by atoms with E-state index in [2.05, 4.69) is 37.9 Å². The summed E-state index contributed by atoms with van der Waals surface area (Å²) in [7, 11) is 0. The van der Waals surface area contributed by atoms with Gasteiger partial charge in [0.05, 0.1) is 13.2 Å². The number of morpholine rings is 1. The maximum atomic E-state index is 5.53. The number of nitrogens with one attached hydrogen (secondary N) is 1. The molecule has 1 heterocycles. The molecule has 120 valence electrons. The lowest BCUT2D eigenvalue weighted by Gasteiger charge is -2.48. The molecule has 2 unspecified atom stereocenters. The Morgan fingerprint density at radius 3 is 2.35 bits per heavy atom. The molecule has 1 fully saturated rings. The monoisotopic (exact) mass is 284 g/mol. The molecular weight excluding hydrogens is 248 g/mol. The molecule has 0 saturated carbocycles. The van der Waals surface area contributed by atoms with E-state index in [9.17, 15) is 0 Å². The molecule has 20 heavy (non-hydrogen) atoms. The van der Waals surface area contributed by atoms with Crippen LogP contribution >= 0.6 is 0 Å². The highest BCUT2D eigenvalue weighted by atomic mass is 16.5. The lowest BCUT2D eigenvalue weighted by atomic mass is 9.83. The summed E-state index contributed by atoms with van der Waals surface area (Å²) in [4.78, 5) is 2.66. The maximum Gasteiger partial charge on any atom is 0.0594 e. The molecule has 1 aliphatic heterocycles. The van der Waals surface area contributed by atoms with E-state index in [0.29, 0.717) is 6.04 Å². The SMILES string of the molecule is CCCCCCC(NCC)C(C)(CC)N1CCOCC1. The molecule has 2 atom stereocenters. The first-order chi connectivity index (χ1) is 9.69. The Kier molecular flexibility index (Phi) is 8.74. The van der Waals surface area contributed by atoms with Crippen molar-refractivity contribution in [3.8, 4) is 0 Å². The molecule has 3 nitrogen and oxygen atoms in total. The fourth-order valence-corrected chi connectivity index (χ4v) is 3.42. The third-order valence-corrected chi connectivity index (χ3v) is 5.00. The summed E-state index contributed by atoms with van der Waals surface area (Å²) in [6, 6.07) is 0.604. The van der Waals surface area contributed by atoms with E-state index in [4.69, 9.17) is 4.74 Å². The Bertz CT molecular complexity index is 241. The minimum absolute atomic E-state index is 0.270. The largest absolute Gasteiger partial charge is 0.379 e. The van der Waals surface area contributed by atoms with Crippen molar-refractivity contribution in [2.75, 3.05) is 32.8 Å². The van der Waals surface area contributed by atoms with Gasteiger partial charge in [-0.15, -0.1) is 0 Å². The van der Waals surface area contributed by atoms with Crippen LogP contribution in [0.25, 0.3) is 0 Å². The fourth-order valence-electron chi connectivity index (χ4n) is 3.42. The van der Waals surface area contributed by atoms with Crippen LogP contribution in [0, 0.1) is 0 Å². The summed E-state index contributed by atoms with van der Waals surface area (Å²) in [5.74, 6) is 0. The van der Waals surface area contributed by atoms with Crippen LogP contribution < -0.4 is 5.32 Å². The average Bonchev–Trinajstić information content (AvgIpc) is 2.50. The molecule has 0 aliphatic carbocycles. The minimum atomic E-state index is 0.270. The van der Waals surface area contributed by atoms with Crippen LogP contribution in [0.15, 0.2) is 0 Å². The Balaban J connectivity index is 2.62. The van der Waals surface area contributed by atoms with Crippen molar-refractivity contribution in [3.05, 3.63) is 0 Å². The van der Waals surface area contributed by atoms with Crippen molar-refractivity contribution in [2.24, 2.45) is 0 Å². The molecule has 0 aromatic rings. The normalized spacial score (nSPS) is 21.6. The second-order valence-electron chi connectivity index (χ2n) is 6.27. The van der Waals surface area contributed by atoms with Crippen LogP contribution in [0.5, 0.6) is 0 Å². The first-order valence-corrected chi connectivity index (χ1v) is 8.75. The number of rotatable bonds is 10. The highest BCUT2D eigenvalue weighted by Crippen LogP contribution is 2.28. The molecule has 0 aromatic heterocycles. The smallest absolute Gasteiger partial charge is 0.0594 e. The van der Waals surface area contributed by atoms with Crippen molar-refractivity contribution >= 4 is 0 Å². The quantitative estimate of drug-likeness (QED) is 0.622. The van der Waals surface area contributed by atoms with E-state index >= 15 is 0 Å². The molecule has 0 aromatic carbocycles. The van der Waals surface area contributed by atoms with Gasteiger partial charge >= 0.3 is 0 Å². The van der Waals surface area contributed by atoms with Gasteiger partial charge in [-0.1, -0.05) is 46.5 Å². The molecule has 0 radical (unpaired) electrons. The Hall–Kier alpha value is -0.120. The van der Waals surface area contributed by atoms with Crippen molar-refractivity contribution in [2.45, 2.75) is 77.8 Å². The van der Waals surface area contributed by atoms with Crippen LogP contribution in [0.4, 0.5) is 0 Å². The molecule has 0 bridgehead atoms. The van der Waals surface area contributed by atoms with E-state index < -0.39 is 0 Å². The first kappa shape index (κ1) is 17.9. The lowest BCUT2D eigenvalue weighted by molar-refractivity contribution is -0.0335. The van der Waals surface area contributed by atoms with Crippen molar-refractivity contribution in [1.29, 1.82) is 0 Å². The molecule has 0 spiro atoms. The predicted octanol–water partition coefficient (Wildman–Crippen LogP) is 3.44. The van der Waals surface area contributed by atoms with Crippen LogP contribution in [0.1, 0.15) is 66.2 Å². The van der Waals surface area contributed by atoms with E-state index in [0.717, 1.165) is 32.8 Å². The van der Waals surface area contributed by atoms with Crippen LogP contribution in [-0.4, -0.2) is 49.3 Å². The van der Waals surface area contributed by atoms with Crippen LogP contribution in [0.2, 0.25) is 0 Å². The van der Waals surface area contributed by atoms with Gasteiger partial charge < -0.3 is 10.1 Å². The van der Waals surface area contributed by atoms with Crippen molar-refractivity contribution in [3.63, 3.8) is 0 Å². The zero-order valence-electron chi connectivity index (χ0n) is 14.2. The van der Waals surface area contributed by atoms with E-state index in [1.54, 1.807) is 0 Å².